The topological polar surface area (TPSA) is 122 Å². The van der Waals surface area contributed by atoms with Crippen molar-refractivity contribution in [2.75, 3.05) is 4.72 Å². The summed E-state index contributed by atoms with van der Waals surface area (Å²) in [7, 11) is 0. The molecule has 208 valence electrons. The van der Waals surface area contributed by atoms with E-state index in [1.807, 2.05) is 44.2 Å². The third-order valence-electron chi connectivity index (χ3n) is 7.02. The van der Waals surface area contributed by atoms with E-state index in [9.17, 15) is 14.1 Å². The van der Waals surface area contributed by atoms with Crippen LogP contribution in [0.15, 0.2) is 84.3 Å². The largest absolute Gasteiger partial charge is 0.512 e. The van der Waals surface area contributed by atoms with Crippen LogP contribution in [0.3, 0.4) is 0 Å². The number of carbonyl (C=O) groups is 1. The summed E-state index contributed by atoms with van der Waals surface area (Å²) in [4.78, 5) is 17.4. The number of hydrogen-bond acceptors (Lipinski definition) is 7. The van der Waals surface area contributed by atoms with E-state index in [0.717, 1.165) is 24.0 Å². The predicted molar refractivity (Wildman–Crippen MR) is 154 cm³/mol. The van der Waals surface area contributed by atoms with Gasteiger partial charge in [-0.2, -0.15) is 9.47 Å². The Labute approximate surface area is 237 Å². The third-order valence-corrected chi connectivity index (χ3v) is 7.75. The second kappa shape index (κ2) is 13.3. The normalized spacial score (nSPS) is 18.4. The number of rotatable bonds is 12. The maximum atomic E-state index is 13.4. The number of benzene rings is 2. The number of nitrogens with zero attached hydrogens (tertiary/aromatic N) is 2. The Morgan fingerprint density at radius 2 is 1.95 bits per heavy atom. The van der Waals surface area contributed by atoms with Crippen molar-refractivity contribution in [1.29, 1.82) is 5.26 Å². The molecule has 0 fully saturated rings. The third kappa shape index (κ3) is 7.07. The Morgan fingerprint density at radius 1 is 1.15 bits per heavy atom. The summed E-state index contributed by atoms with van der Waals surface area (Å²) >= 11 is -1.95. The van der Waals surface area contributed by atoms with E-state index >= 15 is 0 Å². The van der Waals surface area contributed by atoms with E-state index in [1.165, 1.54) is 18.3 Å². The first-order valence-electron chi connectivity index (χ1n) is 13.4. The molecule has 1 aliphatic rings. The maximum absolute atomic E-state index is 13.4. The van der Waals surface area contributed by atoms with Crippen LogP contribution >= 0.6 is 0 Å². The number of hydrogen-bond donors (Lipinski definition) is 2. The van der Waals surface area contributed by atoms with Crippen LogP contribution in [0.1, 0.15) is 68.6 Å². The molecule has 9 heteroatoms. The molecule has 0 radical (unpaired) electrons. The molecule has 2 N–H and O–H groups in total. The molecular formula is C31H33N3O5S. The van der Waals surface area contributed by atoms with Gasteiger partial charge < -0.3 is 14.0 Å². The van der Waals surface area contributed by atoms with Gasteiger partial charge in [-0.1, -0.05) is 62.7 Å². The van der Waals surface area contributed by atoms with E-state index in [-0.39, 0.29) is 23.6 Å². The van der Waals surface area contributed by atoms with Gasteiger partial charge >= 0.3 is 17.2 Å². The second-order valence-electron chi connectivity index (χ2n) is 9.85. The van der Waals surface area contributed by atoms with Gasteiger partial charge in [-0.15, -0.1) is 0 Å². The fraction of sp³-hybridized carbons (Fsp3) is 0.323. The summed E-state index contributed by atoms with van der Waals surface area (Å²) in [6, 6.07) is 22.2. The number of cyclic esters (lactones) is 1. The Morgan fingerprint density at radius 3 is 2.60 bits per heavy atom. The number of anilines is 1. The van der Waals surface area contributed by atoms with Gasteiger partial charge in [-0.25, -0.2) is 9.78 Å². The molecule has 2 aromatic carbocycles. The number of ether oxygens (including phenoxy) is 1. The van der Waals surface area contributed by atoms with Crippen LogP contribution in [-0.2, 0) is 27.2 Å². The van der Waals surface area contributed by atoms with Crippen LogP contribution in [0.5, 0.6) is 5.88 Å². The first-order chi connectivity index (χ1) is 19.4. The number of aliphatic hydroxyl groups excluding tert-OH is 1. The van der Waals surface area contributed by atoms with Gasteiger partial charge in [-0.3, -0.25) is 4.72 Å². The van der Waals surface area contributed by atoms with E-state index < -0.39 is 28.8 Å². The molecule has 0 bridgehead atoms. The zero-order valence-electron chi connectivity index (χ0n) is 22.6. The van der Waals surface area contributed by atoms with Crippen LogP contribution in [0, 0.1) is 11.3 Å². The highest BCUT2D eigenvalue weighted by Gasteiger charge is 2.43. The molecule has 0 spiro atoms. The van der Waals surface area contributed by atoms with Crippen molar-refractivity contribution < 1.29 is 23.0 Å². The molecule has 3 atom stereocenters. The molecule has 0 amide bonds. The lowest BCUT2D eigenvalue weighted by Gasteiger charge is -2.38. The van der Waals surface area contributed by atoms with E-state index in [1.54, 1.807) is 18.2 Å². The fourth-order valence-corrected chi connectivity index (χ4v) is 5.76. The fourth-order valence-electron chi connectivity index (χ4n) is 5.14. The zero-order chi connectivity index (χ0) is 28.5. The number of aromatic nitrogens is 1. The summed E-state index contributed by atoms with van der Waals surface area (Å²) in [5.74, 6) is -0.719. The van der Waals surface area contributed by atoms with Crippen LogP contribution < -0.4 is 8.91 Å². The average Bonchev–Trinajstić information content (AvgIpc) is 2.95. The quantitative estimate of drug-likeness (QED) is 0.245. The van der Waals surface area contributed by atoms with E-state index in [4.69, 9.17) is 14.2 Å². The Hall–Kier alpha value is -4.16. The Bertz CT molecular complexity index is 1420. The smallest absolute Gasteiger partial charge is 0.338 e. The standard InChI is InChI=1S/C31H33N3O5S/c1-3-16-31(17-15-22-9-6-5-7-10-22)19-27(35)29(30(36)38-31)26(4-2)24-11-8-12-25(18-24)34-40(37)39-28-14-13-23(20-32)21-33-28/h5-14,18,21,26,34-35H,3-4,15-17,19H2,1-2H3/t26-,31+,40?/m0/s1. The van der Waals surface area contributed by atoms with Crippen molar-refractivity contribution in [1.82, 2.24) is 4.98 Å². The molecular weight excluding hydrogens is 526 g/mol. The summed E-state index contributed by atoms with van der Waals surface area (Å²) in [6.07, 6.45) is 5.03. The molecule has 3 aromatic rings. The number of nitriles is 1. The lowest BCUT2D eigenvalue weighted by atomic mass is 9.80. The molecule has 0 saturated carbocycles. The molecule has 1 unspecified atom stereocenters. The molecule has 1 aliphatic heterocycles. The Balaban J connectivity index is 1.50. The molecule has 0 aliphatic carbocycles. The van der Waals surface area contributed by atoms with Crippen molar-refractivity contribution in [2.45, 2.75) is 63.9 Å². The Kier molecular flexibility index (Phi) is 9.56. The minimum atomic E-state index is -1.95. The zero-order valence-corrected chi connectivity index (χ0v) is 23.4. The summed E-state index contributed by atoms with van der Waals surface area (Å²) in [6.45, 7) is 3.99. The minimum absolute atomic E-state index is 0.0711. The van der Waals surface area contributed by atoms with Gasteiger partial charge in [0.1, 0.15) is 17.4 Å². The number of aliphatic hydroxyl groups is 1. The van der Waals surface area contributed by atoms with Crippen molar-refractivity contribution in [3.8, 4) is 11.9 Å². The average molecular weight is 560 g/mol. The summed E-state index contributed by atoms with van der Waals surface area (Å²) in [5, 5.41) is 20.1. The molecule has 1 aromatic heterocycles. The van der Waals surface area contributed by atoms with Gasteiger partial charge in [0.15, 0.2) is 0 Å². The first-order valence-corrected chi connectivity index (χ1v) is 14.5. The highest BCUT2D eigenvalue weighted by Crippen LogP contribution is 2.42. The number of pyridine rings is 1. The van der Waals surface area contributed by atoms with Crippen molar-refractivity contribution >= 4 is 22.9 Å². The van der Waals surface area contributed by atoms with Crippen molar-refractivity contribution in [2.24, 2.45) is 0 Å². The lowest BCUT2D eigenvalue weighted by Crippen LogP contribution is -2.41. The lowest BCUT2D eigenvalue weighted by molar-refractivity contribution is -0.161. The van der Waals surface area contributed by atoms with Crippen molar-refractivity contribution in [3.63, 3.8) is 0 Å². The number of nitrogens with one attached hydrogen (secondary N) is 1. The highest BCUT2D eigenvalue weighted by molar-refractivity contribution is 7.81. The van der Waals surface area contributed by atoms with Crippen LogP contribution in [0.2, 0.25) is 0 Å². The van der Waals surface area contributed by atoms with Crippen LogP contribution in [0.25, 0.3) is 0 Å². The number of esters is 1. The van der Waals surface area contributed by atoms with Gasteiger partial charge in [0, 0.05) is 30.3 Å². The SMILES string of the molecule is CCC[C@@]1(CCc2ccccc2)CC(O)=C([C@@H](CC)c2cccc(NS(=O)Oc3ccc(C#N)cn3)c2)C(=O)O1. The van der Waals surface area contributed by atoms with E-state index in [2.05, 4.69) is 21.8 Å². The van der Waals surface area contributed by atoms with Gasteiger partial charge in [0.25, 0.3) is 0 Å². The van der Waals surface area contributed by atoms with Crippen LogP contribution in [-0.4, -0.2) is 25.9 Å². The summed E-state index contributed by atoms with van der Waals surface area (Å²) in [5.41, 5.74) is 2.33. The van der Waals surface area contributed by atoms with Crippen molar-refractivity contribution in [3.05, 3.63) is 101 Å². The summed E-state index contributed by atoms with van der Waals surface area (Å²) < 4.78 is 26.8. The molecule has 8 nitrogen and oxygen atoms in total. The first kappa shape index (κ1) is 28.8. The van der Waals surface area contributed by atoms with Gasteiger partial charge in [0.05, 0.1) is 11.1 Å². The highest BCUT2D eigenvalue weighted by atomic mass is 32.2. The number of carbonyl (C=O) groups excluding carboxylic acids is 1. The monoisotopic (exact) mass is 559 g/mol. The number of aryl methyl sites for hydroxylation is 1. The minimum Gasteiger partial charge on any atom is -0.512 e. The second-order valence-corrected chi connectivity index (χ2v) is 10.7. The molecule has 2 heterocycles. The predicted octanol–water partition coefficient (Wildman–Crippen LogP) is 6.45. The molecule has 40 heavy (non-hydrogen) atoms. The van der Waals surface area contributed by atoms with Gasteiger partial charge in [0.2, 0.25) is 5.88 Å². The van der Waals surface area contributed by atoms with Crippen LogP contribution in [0.4, 0.5) is 5.69 Å². The molecule has 0 saturated heterocycles. The van der Waals surface area contributed by atoms with Gasteiger partial charge in [-0.05, 0) is 55.0 Å². The van der Waals surface area contributed by atoms with E-state index in [0.29, 0.717) is 30.5 Å². The maximum Gasteiger partial charge on any atom is 0.338 e. The molecule has 4 rings (SSSR count).